The van der Waals surface area contributed by atoms with E-state index < -0.39 is 0 Å². The molecule has 0 unspecified atom stereocenters. The number of hydrogen-bond donors (Lipinski definition) is 1. The first-order valence-electron chi connectivity index (χ1n) is 12.0. The molecule has 1 heterocycles. The SMILES string of the molecule is N#Cc1c(-c2ccccc2)c(-c2ccccc2)n(Cc2ccccc2)c1NC(=O)COc1ccccc1. The second-order valence-corrected chi connectivity index (χ2v) is 8.51. The molecular formula is C32H25N3O2. The summed E-state index contributed by atoms with van der Waals surface area (Å²) in [6, 6.07) is 41.3. The second-order valence-electron chi connectivity index (χ2n) is 8.51. The number of nitrogens with one attached hydrogen (secondary N) is 1. The minimum Gasteiger partial charge on any atom is -0.484 e. The standard InChI is InChI=1S/C32H25N3O2/c33-21-28-30(25-15-7-2-8-16-25)31(26-17-9-3-10-18-26)35(22-24-13-5-1-6-14-24)32(28)34-29(36)23-37-27-19-11-4-12-20-27/h1-20H,22-23H2,(H,34,36). The van der Waals surface area contributed by atoms with Crippen molar-refractivity contribution in [2.24, 2.45) is 0 Å². The molecule has 5 rings (SSSR count). The van der Waals surface area contributed by atoms with Crippen LogP contribution in [0, 0.1) is 11.3 Å². The van der Waals surface area contributed by atoms with Gasteiger partial charge in [0.2, 0.25) is 0 Å². The molecule has 180 valence electrons. The minimum atomic E-state index is -0.341. The summed E-state index contributed by atoms with van der Waals surface area (Å²) in [4.78, 5) is 13.1. The number of rotatable bonds is 8. The first-order chi connectivity index (χ1) is 18.2. The number of benzene rings is 4. The van der Waals surface area contributed by atoms with Gasteiger partial charge in [-0.1, -0.05) is 109 Å². The number of anilines is 1. The molecule has 0 bridgehead atoms. The monoisotopic (exact) mass is 483 g/mol. The highest BCUT2D eigenvalue weighted by molar-refractivity contribution is 5.98. The molecule has 1 N–H and O–H groups in total. The van der Waals surface area contributed by atoms with Crippen molar-refractivity contribution in [3.63, 3.8) is 0 Å². The summed E-state index contributed by atoms with van der Waals surface area (Å²) in [5.74, 6) is 0.713. The van der Waals surface area contributed by atoms with E-state index in [1.807, 2.05) is 114 Å². The molecule has 37 heavy (non-hydrogen) atoms. The van der Waals surface area contributed by atoms with E-state index in [-0.39, 0.29) is 12.5 Å². The summed E-state index contributed by atoms with van der Waals surface area (Å²) in [6.45, 7) is 0.300. The zero-order valence-corrected chi connectivity index (χ0v) is 20.2. The maximum absolute atomic E-state index is 13.1. The first-order valence-corrected chi connectivity index (χ1v) is 12.0. The summed E-state index contributed by atoms with van der Waals surface area (Å²) in [5, 5.41) is 13.4. The Bertz CT molecular complexity index is 1520. The van der Waals surface area contributed by atoms with Gasteiger partial charge in [0.1, 0.15) is 23.2 Å². The number of para-hydroxylation sites is 1. The van der Waals surface area contributed by atoms with Crippen LogP contribution in [0.1, 0.15) is 11.1 Å². The molecule has 0 saturated carbocycles. The van der Waals surface area contributed by atoms with E-state index in [0.717, 1.165) is 27.9 Å². The Hall–Kier alpha value is -5.08. The topological polar surface area (TPSA) is 67.0 Å². The molecule has 0 aliphatic rings. The number of nitriles is 1. The lowest BCUT2D eigenvalue weighted by atomic mass is 9.98. The fourth-order valence-corrected chi connectivity index (χ4v) is 4.40. The summed E-state index contributed by atoms with van der Waals surface area (Å²) in [7, 11) is 0. The average molecular weight is 484 g/mol. The predicted octanol–water partition coefficient (Wildman–Crippen LogP) is 6.76. The van der Waals surface area contributed by atoms with Gasteiger partial charge in [-0.25, -0.2) is 0 Å². The number of hydrogen-bond acceptors (Lipinski definition) is 3. The fourth-order valence-electron chi connectivity index (χ4n) is 4.40. The van der Waals surface area contributed by atoms with E-state index in [0.29, 0.717) is 23.7 Å². The number of ether oxygens (including phenoxy) is 1. The molecule has 0 spiro atoms. The summed E-state index contributed by atoms with van der Waals surface area (Å²) in [6.07, 6.45) is 0. The maximum Gasteiger partial charge on any atom is 0.263 e. The highest BCUT2D eigenvalue weighted by Crippen LogP contribution is 2.42. The molecule has 0 radical (unpaired) electrons. The molecule has 4 aromatic carbocycles. The Morgan fingerprint density at radius 1 is 0.757 bits per heavy atom. The van der Waals surface area contributed by atoms with Crippen molar-refractivity contribution in [3.8, 4) is 34.2 Å². The third-order valence-electron chi connectivity index (χ3n) is 6.04. The molecule has 0 saturated heterocycles. The lowest BCUT2D eigenvalue weighted by Gasteiger charge is -2.16. The quantitative estimate of drug-likeness (QED) is 0.265. The Labute approximate surface area is 216 Å². The summed E-state index contributed by atoms with van der Waals surface area (Å²) in [5.41, 5.74) is 4.97. The Balaban J connectivity index is 1.65. The van der Waals surface area contributed by atoms with Crippen LogP contribution >= 0.6 is 0 Å². The van der Waals surface area contributed by atoms with Crippen molar-refractivity contribution in [3.05, 3.63) is 132 Å². The van der Waals surface area contributed by atoms with Gasteiger partial charge >= 0.3 is 0 Å². The van der Waals surface area contributed by atoms with Gasteiger partial charge in [-0.15, -0.1) is 0 Å². The van der Waals surface area contributed by atoms with Crippen molar-refractivity contribution < 1.29 is 9.53 Å². The molecule has 0 aliphatic heterocycles. The summed E-state index contributed by atoms with van der Waals surface area (Å²) >= 11 is 0. The highest BCUT2D eigenvalue weighted by atomic mass is 16.5. The van der Waals surface area contributed by atoms with E-state index >= 15 is 0 Å². The third-order valence-corrected chi connectivity index (χ3v) is 6.04. The van der Waals surface area contributed by atoms with E-state index in [9.17, 15) is 10.1 Å². The zero-order chi connectivity index (χ0) is 25.5. The number of carbonyl (C=O) groups is 1. The van der Waals surface area contributed by atoms with Crippen molar-refractivity contribution in [1.82, 2.24) is 4.57 Å². The third kappa shape index (κ3) is 5.29. The van der Waals surface area contributed by atoms with Gasteiger partial charge in [-0.3, -0.25) is 4.79 Å². The molecule has 5 aromatic rings. The largest absolute Gasteiger partial charge is 0.484 e. The van der Waals surface area contributed by atoms with Crippen LogP contribution in [0.15, 0.2) is 121 Å². The number of nitrogens with zero attached hydrogens (tertiary/aromatic N) is 2. The molecular weight excluding hydrogens is 458 g/mol. The summed E-state index contributed by atoms with van der Waals surface area (Å²) < 4.78 is 7.69. The van der Waals surface area contributed by atoms with Gasteiger partial charge in [-0.2, -0.15) is 5.26 Å². The van der Waals surface area contributed by atoms with Gasteiger partial charge in [-0.05, 0) is 28.8 Å². The molecule has 5 nitrogen and oxygen atoms in total. The maximum atomic E-state index is 13.1. The van der Waals surface area contributed by atoms with Crippen LogP contribution in [-0.4, -0.2) is 17.1 Å². The van der Waals surface area contributed by atoms with Crippen LogP contribution < -0.4 is 10.1 Å². The van der Waals surface area contributed by atoms with E-state index in [4.69, 9.17) is 4.74 Å². The molecule has 0 fully saturated rings. The molecule has 5 heteroatoms. The second kappa shape index (κ2) is 11.1. The molecule has 0 aliphatic carbocycles. The Morgan fingerprint density at radius 3 is 1.89 bits per heavy atom. The van der Waals surface area contributed by atoms with Gasteiger partial charge in [0.25, 0.3) is 5.91 Å². The minimum absolute atomic E-state index is 0.174. The van der Waals surface area contributed by atoms with Crippen molar-refractivity contribution in [2.75, 3.05) is 11.9 Å². The zero-order valence-electron chi connectivity index (χ0n) is 20.2. The van der Waals surface area contributed by atoms with Gasteiger partial charge in [0.15, 0.2) is 6.61 Å². The lowest BCUT2D eigenvalue weighted by Crippen LogP contribution is -2.22. The lowest BCUT2D eigenvalue weighted by molar-refractivity contribution is -0.118. The van der Waals surface area contributed by atoms with Crippen LogP contribution in [0.5, 0.6) is 5.75 Å². The smallest absolute Gasteiger partial charge is 0.263 e. The molecule has 1 amide bonds. The van der Waals surface area contributed by atoms with Crippen LogP contribution in [0.3, 0.4) is 0 Å². The van der Waals surface area contributed by atoms with E-state index in [1.54, 1.807) is 12.1 Å². The van der Waals surface area contributed by atoms with E-state index in [2.05, 4.69) is 11.4 Å². The van der Waals surface area contributed by atoms with Gasteiger partial charge in [0, 0.05) is 12.1 Å². The van der Waals surface area contributed by atoms with Gasteiger partial charge < -0.3 is 14.6 Å². The van der Waals surface area contributed by atoms with Gasteiger partial charge in [0.05, 0.1) is 5.69 Å². The molecule has 1 aromatic heterocycles. The Kier molecular flexibility index (Phi) is 7.10. The first kappa shape index (κ1) is 23.7. The highest BCUT2D eigenvalue weighted by Gasteiger charge is 2.26. The van der Waals surface area contributed by atoms with E-state index in [1.165, 1.54) is 0 Å². The average Bonchev–Trinajstić information content (AvgIpc) is 3.26. The van der Waals surface area contributed by atoms with Crippen molar-refractivity contribution >= 4 is 11.7 Å². The van der Waals surface area contributed by atoms with Crippen LogP contribution in [-0.2, 0) is 11.3 Å². The number of amides is 1. The normalized spacial score (nSPS) is 10.5. The Morgan fingerprint density at radius 2 is 1.30 bits per heavy atom. The number of aromatic nitrogens is 1. The van der Waals surface area contributed by atoms with Crippen molar-refractivity contribution in [2.45, 2.75) is 6.54 Å². The van der Waals surface area contributed by atoms with Crippen LogP contribution in [0.25, 0.3) is 22.4 Å². The van der Waals surface area contributed by atoms with Crippen LogP contribution in [0.2, 0.25) is 0 Å². The fraction of sp³-hybridized carbons (Fsp3) is 0.0625. The van der Waals surface area contributed by atoms with Crippen molar-refractivity contribution in [1.29, 1.82) is 5.26 Å². The predicted molar refractivity (Wildman–Crippen MR) is 146 cm³/mol. The molecule has 0 atom stereocenters. The van der Waals surface area contributed by atoms with Crippen LogP contribution in [0.4, 0.5) is 5.82 Å². The number of carbonyl (C=O) groups excluding carboxylic acids is 1.